The molecule has 0 saturated carbocycles. The van der Waals surface area contributed by atoms with Crippen LogP contribution >= 0.6 is 24.8 Å². The van der Waals surface area contributed by atoms with E-state index in [1.54, 1.807) is 6.07 Å². The third kappa shape index (κ3) is 4.79. The fourth-order valence-corrected chi connectivity index (χ4v) is 1.28. The molecular weight excluding hydrogens is 316 g/mol. The Labute approximate surface area is 125 Å². The molecule has 1 aromatic heterocycles. The molecule has 2 rings (SSSR count). The lowest BCUT2D eigenvalue weighted by atomic mass is 10.2. The van der Waals surface area contributed by atoms with Crippen molar-refractivity contribution in [3.8, 4) is 11.6 Å². The zero-order valence-corrected chi connectivity index (χ0v) is 11.6. The fourth-order valence-electron chi connectivity index (χ4n) is 1.28. The van der Waals surface area contributed by atoms with Gasteiger partial charge < -0.3 is 10.5 Å². The van der Waals surface area contributed by atoms with E-state index >= 15 is 0 Å². The SMILES string of the molecule is Cl.Cl.Nc1ccc(Oc2ccc(C(F)(F)F)cc2)nc1. The molecule has 0 spiro atoms. The van der Waals surface area contributed by atoms with E-state index in [9.17, 15) is 13.2 Å². The Morgan fingerprint density at radius 2 is 1.55 bits per heavy atom. The van der Waals surface area contributed by atoms with Crippen LogP contribution in [0, 0.1) is 0 Å². The average molecular weight is 327 g/mol. The molecule has 0 saturated heterocycles. The molecule has 8 heteroatoms. The van der Waals surface area contributed by atoms with Crippen molar-refractivity contribution in [1.29, 1.82) is 0 Å². The summed E-state index contributed by atoms with van der Waals surface area (Å²) < 4.78 is 42.2. The quantitative estimate of drug-likeness (QED) is 0.894. The van der Waals surface area contributed by atoms with E-state index in [4.69, 9.17) is 10.5 Å². The average Bonchev–Trinajstić information content (AvgIpc) is 2.32. The number of halogens is 5. The summed E-state index contributed by atoms with van der Waals surface area (Å²) in [5.74, 6) is 0.546. The molecule has 0 unspecified atom stereocenters. The molecule has 2 aromatic rings. The Bertz CT molecular complexity index is 530. The van der Waals surface area contributed by atoms with Crippen LogP contribution in [0.5, 0.6) is 11.6 Å². The minimum absolute atomic E-state index is 0. The van der Waals surface area contributed by atoms with Crippen molar-refractivity contribution in [2.24, 2.45) is 0 Å². The zero-order valence-electron chi connectivity index (χ0n) is 9.92. The van der Waals surface area contributed by atoms with Gasteiger partial charge in [-0.3, -0.25) is 0 Å². The van der Waals surface area contributed by atoms with Gasteiger partial charge in [0.25, 0.3) is 0 Å². The van der Waals surface area contributed by atoms with Crippen LogP contribution < -0.4 is 10.5 Å². The molecule has 3 nitrogen and oxygen atoms in total. The van der Waals surface area contributed by atoms with Gasteiger partial charge in [-0.05, 0) is 30.3 Å². The van der Waals surface area contributed by atoms with E-state index in [0.29, 0.717) is 5.69 Å². The molecule has 1 heterocycles. The summed E-state index contributed by atoms with van der Waals surface area (Å²) in [6, 6.07) is 7.50. The number of pyridine rings is 1. The second-order valence-electron chi connectivity index (χ2n) is 3.55. The van der Waals surface area contributed by atoms with Crippen LogP contribution in [0.4, 0.5) is 18.9 Å². The van der Waals surface area contributed by atoms with E-state index in [1.165, 1.54) is 24.4 Å². The second kappa shape index (κ2) is 7.21. The number of aromatic nitrogens is 1. The van der Waals surface area contributed by atoms with Gasteiger partial charge in [-0.1, -0.05) is 0 Å². The number of nitrogen functional groups attached to an aromatic ring is 1. The zero-order chi connectivity index (χ0) is 13.2. The first-order chi connectivity index (χ1) is 8.45. The largest absolute Gasteiger partial charge is 0.439 e. The van der Waals surface area contributed by atoms with Crippen molar-refractivity contribution < 1.29 is 17.9 Å². The van der Waals surface area contributed by atoms with Crippen LogP contribution in [0.15, 0.2) is 42.6 Å². The van der Waals surface area contributed by atoms with Crippen LogP contribution in [0.3, 0.4) is 0 Å². The van der Waals surface area contributed by atoms with Crippen molar-refractivity contribution in [3.05, 3.63) is 48.2 Å². The van der Waals surface area contributed by atoms with Gasteiger partial charge in [0, 0.05) is 6.07 Å². The molecule has 0 aliphatic carbocycles. The van der Waals surface area contributed by atoms with Crippen LogP contribution in [0.2, 0.25) is 0 Å². The predicted molar refractivity (Wildman–Crippen MR) is 74.7 cm³/mol. The molecule has 0 fully saturated rings. The lowest BCUT2D eigenvalue weighted by Crippen LogP contribution is -2.04. The fraction of sp³-hybridized carbons (Fsp3) is 0.0833. The summed E-state index contributed by atoms with van der Waals surface area (Å²) in [7, 11) is 0. The van der Waals surface area contributed by atoms with E-state index in [2.05, 4.69) is 4.98 Å². The van der Waals surface area contributed by atoms with E-state index in [0.717, 1.165) is 12.1 Å². The summed E-state index contributed by atoms with van der Waals surface area (Å²) in [6.07, 6.45) is -2.95. The van der Waals surface area contributed by atoms with E-state index in [1.807, 2.05) is 0 Å². The van der Waals surface area contributed by atoms with Gasteiger partial charge in [0.1, 0.15) is 5.75 Å². The number of alkyl halides is 3. The summed E-state index contributed by atoms with van der Waals surface area (Å²) in [5.41, 5.74) is 5.20. The highest BCUT2D eigenvalue weighted by Gasteiger charge is 2.30. The maximum absolute atomic E-state index is 12.3. The van der Waals surface area contributed by atoms with Gasteiger partial charge in [-0.15, -0.1) is 24.8 Å². The van der Waals surface area contributed by atoms with E-state index in [-0.39, 0.29) is 36.4 Å². The summed E-state index contributed by atoms with van der Waals surface area (Å²) in [5, 5.41) is 0. The second-order valence-corrected chi connectivity index (χ2v) is 3.55. The van der Waals surface area contributed by atoms with Crippen LogP contribution in [-0.2, 0) is 6.18 Å². The number of anilines is 1. The molecule has 2 N–H and O–H groups in total. The molecule has 0 radical (unpaired) electrons. The van der Waals surface area contributed by atoms with Crippen molar-refractivity contribution >= 4 is 30.5 Å². The van der Waals surface area contributed by atoms with Crippen molar-refractivity contribution in [1.82, 2.24) is 4.98 Å². The Kier molecular flexibility index (Phi) is 6.61. The molecule has 0 aliphatic heterocycles. The van der Waals surface area contributed by atoms with Gasteiger partial charge in [0.15, 0.2) is 0 Å². The minimum atomic E-state index is -4.35. The van der Waals surface area contributed by atoms with Crippen LogP contribution in [0.1, 0.15) is 5.56 Å². The molecule has 0 aliphatic rings. The number of nitrogens with two attached hydrogens (primary N) is 1. The summed E-state index contributed by atoms with van der Waals surface area (Å²) >= 11 is 0. The van der Waals surface area contributed by atoms with Gasteiger partial charge in [0.2, 0.25) is 5.88 Å². The number of nitrogens with zero attached hydrogens (tertiary/aromatic N) is 1. The van der Waals surface area contributed by atoms with Crippen molar-refractivity contribution in [2.75, 3.05) is 5.73 Å². The molecule has 0 atom stereocenters. The lowest BCUT2D eigenvalue weighted by Gasteiger charge is -2.08. The summed E-state index contributed by atoms with van der Waals surface area (Å²) in [4.78, 5) is 3.88. The third-order valence-electron chi connectivity index (χ3n) is 2.16. The van der Waals surface area contributed by atoms with E-state index < -0.39 is 11.7 Å². The minimum Gasteiger partial charge on any atom is -0.439 e. The highest BCUT2D eigenvalue weighted by atomic mass is 35.5. The molecular formula is C12H11Cl2F3N2O. The van der Waals surface area contributed by atoms with Crippen LogP contribution in [-0.4, -0.2) is 4.98 Å². The lowest BCUT2D eigenvalue weighted by molar-refractivity contribution is -0.137. The van der Waals surface area contributed by atoms with Gasteiger partial charge in [0.05, 0.1) is 17.4 Å². The predicted octanol–water partition coefficient (Wildman–Crippen LogP) is 4.32. The molecule has 0 bridgehead atoms. The first kappa shape index (κ1) is 18.3. The topological polar surface area (TPSA) is 48.1 Å². The summed E-state index contributed by atoms with van der Waals surface area (Å²) in [6.45, 7) is 0. The first-order valence-corrected chi connectivity index (χ1v) is 5.02. The maximum Gasteiger partial charge on any atom is 0.416 e. The number of rotatable bonds is 2. The molecule has 110 valence electrons. The maximum atomic E-state index is 12.3. The Morgan fingerprint density at radius 3 is 2.00 bits per heavy atom. The molecule has 1 aromatic carbocycles. The Hall–Kier alpha value is -1.66. The number of hydrogen-bond donors (Lipinski definition) is 1. The normalized spacial score (nSPS) is 10.2. The van der Waals surface area contributed by atoms with Crippen molar-refractivity contribution in [2.45, 2.75) is 6.18 Å². The highest BCUT2D eigenvalue weighted by molar-refractivity contribution is 5.85. The number of benzene rings is 1. The molecule has 20 heavy (non-hydrogen) atoms. The monoisotopic (exact) mass is 326 g/mol. The van der Waals surface area contributed by atoms with Crippen LogP contribution in [0.25, 0.3) is 0 Å². The van der Waals surface area contributed by atoms with Gasteiger partial charge >= 0.3 is 6.18 Å². The Balaban J connectivity index is 0.00000180. The highest BCUT2D eigenvalue weighted by Crippen LogP contribution is 2.31. The number of hydrogen-bond acceptors (Lipinski definition) is 3. The van der Waals surface area contributed by atoms with Gasteiger partial charge in [-0.25, -0.2) is 4.98 Å². The van der Waals surface area contributed by atoms with Crippen molar-refractivity contribution in [3.63, 3.8) is 0 Å². The first-order valence-electron chi connectivity index (χ1n) is 5.02. The van der Waals surface area contributed by atoms with Gasteiger partial charge in [-0.2, -0.15) is 13.2 Å². The molecule has 0 amide bonds. The smallest absolute Gasteiger partial charge is 0.416 e. The Morgan fingerprint density at radius 1 is 0.950 bits per heavy atom. The standard InChI is InChI=1S/C12H9F3N2O.2ClH/c13-12(14,15)8-1-4-10(5-2-8)18-11-6-3-9(16)7-17-11;;/h1-7H,16H2;2*1H. The third-order valence-corrected chi connectivity index (χ3v) is 2.16. The number of ether oxygens (including phenoxy) is 1.